The van der Waals surface area contributed by atoms with Crippen LogP contribution in [0, 0.1) is 0 Å². The molecule has 78 valence electrons. The Morgan fingerprint density at radius 3 is 2.57 bits per heavy atom. The summed E-state index contributed by atoms with van der Waals surface area (Å²) in [6, 6.07) is 5.98. The van der Waals surface area contributed by atoms with Gasteiger partial charge in [0.25, 0.3) is 0 Å². The molecule has 0 bridgehead atoms. The molecule has 0 aromatic heterocycles. The number of aromatic hydroxyl groups is 1. The molecule has 1 aromatic rings. The first-order valence-electron chi connectivity index (χ1n) is 5.58. The lowest BCUT2D eigenvalue weighted by Gasteiger charge is -2.05. The molecule has 0 unspecified atom stereocenters. The van der Waals surface area contributed by atoms with Crippen molar-refractivity contribution in [1.29, 1.82) is 0 Å². The van der Waals surface area contributed by atoms with E-state index in [1.54, 1.807) is 0 Å². The predicted octanol–water partition coefficient (Wildman–Crippen LogP) is 3.69. The van der Waals surface area contributed by atoms with Gasteiger partial charge in [-0.1, -0.05) is 38.8 Å². The predicted molar refractivity (Wildman–Crippen MR) is 60.7 cm³/mol. The van der Waals surface area contributed by atoms with E-state index in [0.29, 0.717) is 5.75 Å². The zero-order valence-electron chi connectivity index (χ0n) is 9.21. The fourth-order valence-electron chi connectivity index (χ4n) is 1.66. The van der Waals surface area contributed by atoms with Crippen molar-refractivity contribution in [1.82, 2.24) is 0 Å². The molecule has 0 atom stereocenters. The Morgan fingerprint density at radius 2 is 1.93 bits per heavy atom. The van der Waals surface area contributed by atoms with Crippen LogP contribution in [0.2, 0.25) is 0 Å². The van der Waals surface area contributed by atoms with E-state index in [1.807, 2.05) is 12.1 Å². The third-order valence-electron chi connectivity index (χ3n) is 2.59. The molecule has 1 N–H and O–H groups in total. The zero-order chi connectivity index (χ0) is 10.4. The standard InChI is InChI=1S/C13H20O/c1-3-5-6-7-11-8-9-13(14)12(4-2)10-11/h8-10,14H,3-7H2,1-2H3. The SMILES string of the molecule is CCCCCc1ccc(O)c(CC)c1. The van der Waals surface area contributed by atoms with Gasteiger partial charge in [-0.2, -0.15) is 0 Å². The van der Waals surface area contributed by atoms with Gasteiger partial charge < -0.3 is 5.11 Å². The largest absolute Gasteiger partial charge is 0.508 e. The number of phenolic OH excluding ortho intramolecular Hbond substituents is 1. The van der Waals surface area contributed by atoms with Gasteiger partial charge in [-0.15, -0.1) is 0 Å². The van der Waals surface area contributed by atoms with E-state index in [1.165, 1.54) is 24.8 Å². The van der Waals surface area contributed by atoms with Crippen LogP contribution in [0.1, 0.15) is 44.2 Å². The Labute approximate surface area is 86.8 Å². The van der Waals surface area contributed by atoms with E-state index in [4.69, 9.17) is 0 Å². The smallest absolute Gasteiger partial charge is 0.118 e. The van der Waals surface area contributed by atoms with Crippen LogP contribution in [0.15, 0.2) is 18.2 Å². The molecule has 0 fully saturated rings. The lowest BCUT2D eigenvalue weighted by Crippen LogP contribution is -1.89. The van der Waals surface area contributed by atoms with Crippen LogP contribution in [-0.4, -0.2) is 5.11 Å². The summed E-state index contributed by atoms with van der Waals surface area (Å²) in [4.78, 5) is 0. The van der Waals surface area contributed by atoms with Crippen LogP contribution < -0.4 is 0 Å². The van der Waals surface area contributed by atoms with E-state index >= 15 is 0 Å². The normalized spacial score (nSPS) is 10.4. The van der Waals surface area contributed by atoms with Crippen LogP contribution in [-0.2, 0) is 12.8 Å². The van der Waals surface area contributed by atoms with Crippen LogP contribution >= 0.6 is 0 Å². The number of hydrogen-bond acceptors (Lipinski definition) is 1. The average Bonchev–Trinajstić information content (AvgIpc) is 2.21. The van der Waals surface area contributed by atoms with Crippen molar-refractivity contribution in [2.24, 2.45) is 0 Å². The number of unbranched alkanes of at least 4 members (excludes halogenated alkanes) is 2. The third kappa shape index (κ3) is 3.06. The molecule has 0 radical (unpaired) electrons. The molecule has 0 amide bonds. The maximum Gasteiger partial charge on any atom is 0.118 e. The first kappa shape index (κ1) is 11.1. The monoisotopic (exact) mass is 192 g/mol. The Hall–Kier alpha value is -0.980. The van der Waals surface area contributed by atoms with Gasteiger partial charge in [0, 0.05) is 0 Å². The Morgan fingerprint density at radius 1 is 1.14 bits per heavy atom. The highest BCUT2D eigenvalue weighted by molar-refractivity contribution is 5.36. The van der Waals surface area contributed by atoms with Gasteiger partial charge in [-0.05, 0) is 36.5 Å². The summed E-state index contributed by atoms with van der Waals surface area (Å²) in [5.74, 6) is 0.437. The summed E-state index contributed by atoms with van der Waals surface area (Å²) >= 11 is 0. The Balaban J connectivity index is 2.60. The van der Waals surface area contributed by atoms with Gasteiger partial charge in [0.1, 0.15) is 5.75 Å². The molecule has 0 heterocycles. The van der Waals surface area contributed by atoms with Gasteiger partial charge in [0.05, 0.1) is 0 Å². The first-order chi connectivity index (χ1) is 6.77. The molecule has 14 heavy (non-hydrogen) atoms. The zero-order valence-corrected chi connectivity index (χ0v) is 9.21. The second kappa shape index (κ2) is 5.69. The van der Waals surface area contributed by atoms with E-state index in [-0.39, 0.29) is 0 Å². The topological polar surface area (TPSA) is 20.2 Å². The third-order valence-corrected chi connectivity index (χ3v) is 2.59. The second-order valence-corrected chi connectivity index (χ2v) is 3.77. The van der Waals surface area contributed by atoms with Crippen molar-refractivity contribution < 1.29 is 5.11 Å². The molecule has 0 aliphatic carbocycles. The maximum atomic E-state index is 9.51. The molecule has 0 spiro atoms. The van der Waals surface area contributed by atoms with Crippen LogP contribution in [0.4, 0.5) is 0 Å². The van der Waals surface area contributed by atoms with Crippen LogP contribution in [0.5, 0.6) is 5.75 Å². The highest BCUT2D eigenvalue weighted by atomic mass is 16.3. The summed E-state index contributed by atoms with van der Waals surface area (Å²) < 4.78 is 0. The highest BCUT2D eigenvalue weighted by Crippen LogP contribution is 2.20. The van der Waals surface area contributed by atoms with Gasteiger partial charge in [-0.25, -0.2) is 0 Å². The first-order valence-corrected chi connectivity index (χ1v) is 5.58. The molecule has 0 saturated heterocycles. The quantitative estimate of drug-likeness (QED) is 0.705. The van der Waals surface area contributed by atoms with E-state index in [9.17, 15) is 5.11 Å². The Kier molecular flexibility index (Phi) is 4.51. The molecule has 1 nitrogen and oxygen atoms in total. The summed E-state index contributed by atoms with van der Waals surface area (Å²) in [5, 5.41) is 9.51. The minimum absolute atomic E-state index is 0.437. The molecule has 1 heteroatoms. The molecule has 0 aliphatic rings. The van der Waals surface area contributed by atoms with Crippen molar-refractivity contribution in [3.8, 4) is 5.75 Å². The van der Waals surface area contributed by atoms with Gasteiger partial charge >= 0.3 is 0 Å². The summed E-state index contributed by atoms with van der Waals surface area (Å²) in [6.07, 6.45) is 5.86. The number of rotatable bonds is 5. The summed E-state index contributed by atoms with van der Waals surface area (Å²) in [6.45, 7) is 4.29. The number of aryl methyl sites for hydroxylation is 2. The molecule has 0 aliphatic heterocycles. The fourth-order valence-corrected chi connectivity index (χ4v) is 1.66. The molecular weight excluding hydrogens is 172 g/mol. The van der Waals surface area contributed by atoms with Crippen molar-refractivity contribution in [2.75, 3.05) is 0 Å². The molecular formula is C13H20O. The van der Waals surface area contributed by atoms with Crippen molar-refractivity contribution in [2.45, 2.75) is 46.0 Å². The second-order valence-electron chi connectivity index (χ2n) is 3.77. The van der Waals surface area contributed by atoms with Gasteiger partial charge in [0.2, 0.25) is 0 Å². The highest BCUT2D eigenvalue weighted by Gasteiger charge is 2.00. The average molecular weight is 192 g/mol. The van der Waals surface area contributed by atoms with Crippen molar-refractivity contribution in [3.05, 3.63) is 29.3 Å². The van der Waals surface area contributed by atoms with Crippen molar-refractivity contribution >= 4 is 0 Å². The van der Waals surface area contributed by atoms with E-state index in [2.05, 4.69) is 19.9 Å². The summed E-state index contributed by atoms with van der Waals surface area (Å²) in [5.41, 5.74) is 2.42. The summed E-state index contributed by atoms with van der Waals surface area (Å²) in [7, 11) is 0. The number of benzene rings is 1. The Bertz CT molecular complexity index is 279. The van der Waals surface area contributed by atoms with Crippen molar-refractivity contribution in [3.63, 3.8) is 0 Å². The van der Waals surface area contributed by atoms with Crippen LogP contribution in [0.25, 0.3) is 0 Å². The number of phenols is 1. The lowest BCUT2D eigenvalue weighted by atomic mass is 10.0. The molecule has 0 saturated carbocycles. The van der Waals surface area contributed by atoms with Crippen LogP contribution in [0.3, 0.4) is 0 Å². The van der Waals surface area contributed by atoms with Gasteiger partial charge in [0.15, 0.2) is 0 Å². The minimum atomic E-state index is 0.437. The van der Waals surface area contributed by atoms with E-state index < -0.39 is 0 Å². The fraction of sp³-hybridized carbons (Fsp3) is 0.538. The van der Waals surface area contributed by atoms with Gasteiger partial charge in [-0.3, -0.25) is 0 Å². The number of hydrogen-bond donors (Lipinski definition) is 1. The van der Waals surface area contributed by atoms with E-state index in [0.717, 1.165) is 18.4 Å². The molecule has 1 aromatic carbocycles. The minimum Gasteiger partial charge on any atom is -0.508 e. The molecule has 1 rings (SSSR count). The lowest BCUT2D eigenvalue weighted by molar-refractivity contribution is 0.468. The maximum absolute atomic E-state index is 9.51.